The van der Waals surface area contributed by atoms with Crippen LogP contribution < -0.4 is 4.31 Å². The number of fused-ring (bicyclic) bond motifs is 1. The highest BCUT2D eigenvalue weighted by atomic mass is 35.5. The highest BCUT2D eigenvalue weighted by Gasteiger charge is 2.37. The van der Waals surface area contributed by atoms with Crippen molar-refractivity contribution < 1.29 is 8.42 Å². The zero-order valence-corrected chi connectivity index (χ0v) is 14.5. The smallest absolute Gasteiger partial charge is 0.263 e. The van der Waals surface area contributed by atoms with Crippen LogP contribution in [-0.4, -0.2) is 14.5 Å². The van der Waals surface area contributed by atoms with Crippen LogP contribution >= 0.6 is 23.2 Å². The SMILES string of the molecule is Cc1cc(S(=O)(=O)N2c3ccccc3C[C@@H]2C)c(Cl)cc1Cl. The molecule has 0 saturated carbocycles. The van der Waals surface area contributed by atoms with Crippen LogP contribution in [0.3, 0.4) is 0 Å². The molecule has 0 fully saturated rings. The number of sulfonamides is 1. The van der Waals surface area contributed by atoms with Gasteiger partial charge in [0.1, 0.15) is 4.90 Å². The van der Waals surface area contributed by atoms with Crippen LogP contribution in [0.25, 0.3) is 0 Å². The summed E-state index contributed by atoms with van der Waals surface area (Å²) < 4.78 is 27.6. The summed E-state index contributed by atoms with van der Waals surface area (Å²) in [6.45, 7) is 3.66. The van der Waals surface area contributed by atoms with E-state index >= 15 is 0 Å². The lowest BCUT2D eigenvalue weighted by atomic mass is 10.1. The third kappa shape index (κ3) is 2.39. The number of nitrogens with zero attached hydrogens (tertiary/aromatic N) is 1. The summed E-state index contributed by atoms with van der Waals surface area (Å²) in [4.78, 5) is 0.0969. The first-order valence-electron chi connectivity index (χ1n) is 6.90. The number of para-hydroxylation sites is 1. The lowest BCUT2D eigenvalue weighted by Crippen LogP contribution is -2.35. The molecule has 0 saturated heterocycles. The Morgan fingerprint density at radius 2 is 1.82 bits per heavy atom. The van der Waals surface area contributed by atoms with E-state index in [9.17, 15) is 8.42 Å². The Labute approximate surface area is 140 Å². The minimum absolute atomic E-state index is 0.0969. The largest absolute Gasteiger partial charge is 0.266 e. The predicted molar refractivity (Wildman–Crippen MR) is 90.5 cm³/mol. The molecule has 1 aliphatic heterocycles. The molecule has 3 rings (SSSR count). The first-order valence-corrected chi connectivity index (χ1v) is 9.10. The Bertz CT molecular complexity index is 849. The third-order valence-electron chi connectivity index (χ3n) is 3.89. The van der Waals surface area contributed by atoms with Crippen molar-refractivity contribution in [1.29, 1.82) is 0 Å². The number of hydrogen-bond donors (Lipinski definition) is 0. The normalized spacial score (nSPS) is 17.6. The van der Waals surface area contributed by atoms with Crippen molar-refractivity contribution in [3.05, 3.63) is 57.6 Å². The Morgan fingerprint density at radius 3 is 2.55 bits per heavy atom. The molecule has 0 aromatic heterocycles. The van der Waals surface area contributed by atoms with E-state index in [2.05, 4.69) is 0 Å². The number of rotatable bonds is 2. The van der Waals surface area contributed by atoms with E-state index in [0.717, 1.165) is 11.3 Å². The summed E-state index contributed by atoms with van der Waals surface area (Å²) in [5.41, 5.74) is 2.43. The Morgan fingerprint density at radius 1 is 1.14 bits per heavy atom. The van der Waals surface area contributed by atoms with E-state index in [1.807, 2.05) is 31.2 Å². The summed E-state index contributed by atoms with van der Waals surface area (Å²) in [7, 11) is -3.73. The molecule has 0 N–H and O–H groups in total. The van der Waals surface area contributed by atoms with Gasteiger partial charge in [-0.3, -0.25) is 4.31 Å². The zero-order valence-electron chi connectivity index (χ0n) is 12.2. The van der Waals surface area contributed by atoms with Gasteiger partial charge >= 0.3 is 0 Å². The molecule has 6 heteroatoms. The molecule has 1 aliphatic rings. The topological polar surface area (TPSA) is 37.4 Å². The molecule has 0 amide bonds. The van der Waals surface area contributed by atoms with Crippen molar-refractivity contribution in [2.45, 2.75) is 31.2 Å². The molecular formula is C16H15Cl2NO2S. The van der Waals surface area contributed by atoms with Crippen LogP contribution in [0, 0.1) is 6.92 Å². The standard InChI is InChI=1S/C16H15Cl2NO2S/c1-10-7-16(14(18)9-13(10)17)22(20,21)19-11(2)8-12-5-3-4-6-15(12)19/h3-7,9,11H,8H2,1-2H3/t11-/m0/s1. The quantitative estimate of drug-likeness (QED) is 0.798. The van der Waals surface area contributed by atoms with E-state index in [4.69, 9.17) is 23.2 Å². The summed E-state index contributed by atoms with van der Waals surface area (Å²) in [5, 5.41) is 0.603. The van der Waals surface area contributed by atoms with Gasteiger partial charge in [0.25, 0.3) is 10.0 Å². The van der Waals surface area contributed by atoms with Gasteiger partial charge in [-0.25, -0.2) is 8.42 Å². The maximum Gasteiger partial charge on any atom is 0.266 e. The van der Waals surface area contributed by atoms with Crippen molar-refractivity contribution in [2.24, 2.45) is 0 Å². The van der Waals surface area contributed by atoms with Crippen molar-refractivity contribution in [3.63, 3.8) is 0 Å². The number of aryl methyl sites for hydroxylation is 1. The lowest BCUT2D eigenvalue weighted by molar-refractivity contribution is 0.584. The monoisotopic (exact) mass is 355 g/mol. The van der Waals surface area contributed by atoms with Gasteiger partial charge in [0, 0.05) is 11.1 Å². The van der Waals surface area contributed by atoms with Crippen molar-refractivity contribution in [2.75, 3.05) is 4.31 Å². The highest BCUT2D eigenvalue weighted by Crippen LogP contribution is 2.39. The number of anilines is 1. The van der Waals surface area contributed by atoms with E-state index in [0.29, 0.717) is 17.0 Å². The fourth-order valence-electron chi connectivity index (χ4n) is 2.84. The molecular weight excluding hydrogens is 341 g/mol. The maximum atomic E-state index is 13.1. The Hall–Kier alpha value is -1.23. The van der Waals surface area contributed by atoms with Crippen LogP contribution in [0.5, 0.6) is 0 Å². The lowest BCUT2D eigenvalue weighted by Gasteiger charge is -2.25. The van der Waals surface area contributed by atoms with Crippen LogP contribution in [0.2, 0.25) is 10.0 Å². The number of hydrogen-bond acceptors (Lipinski definition) is 2. The van der Waals surface area contributed by atoms with Crippen molar-refractivity contribution in [1.82, 2.24) is 0 Å². The van der Waals surface area contributed by atoms with Gasteiger partial charge in [0.15, 0.2) is 0 Å². The van der Waals surface area contributed by atoms with Crippen LogP contribution in [0.15, 0.2) is 41.3 Å². The Balaban J connectivity index is 2.17. The van der Waals surface area contributed by atoms with Gasteiger partial charge in [-0.15, -0.1) is 0 Å². The third-order valence-corrected chi connectivity index (χ3v) is 6.69. The zero-order chi connectivity index (χ0) is 16.1. The van der Waals surface area contributed by atoms with E-state index in [1.54, 1.807) is 6.92 Å². The highest BCUT2D eigenvalue weighted by molar-refractivity contribution is 7.93. The average Bonchev–Trinajstić information content (AvgIpc) is 2.79. The van der Waals surface area contributed by atoms with Crippen molar-refractivity contribution in [3.8, 4) is 0 Å². The molecule has 1 heterocycles. The molecule has 2 aromatic carbocycles. The fraction of sp³-hybridized carbons (Fsp3) is 0.250. The van der Waals surface area contributed by atoms with Gasteiger partial charge in [-0.05, 0) is 49.6 Å². The molecule has 1 atom stereocenters. The minimum atomic E-state index is -3.73. The maximum absolute atomic E-state index is 13.1. The molecule has 0 unspecified atom stereocenters. The first-order chi connectivity index (χ1) is 10.3. The van der Waals surface area contributed by atoms with Crippen LogP contribution in [0.1, 0.15) is 18.1 Å². The van der Waals surface area contributed by atoms with Crippen molar-refractivity contribution >= 4 is 38.9 Å². The molecule has 22 heavy (non-hydrogen) atoms. The van der Waals surface area contributed by atoms with Gasteiger partial charge in [-0.2, -0.15) is 0 Å². The molecule has 0 radical (unpaired) electrons. The summed E-state index contributed by atoms with van der Waals surface area (Å²) in [6.07, 6.45) is 0.694. The molecule has 3 nitrogen and oxygen atoms in total. The Kier molecular flexibility index (Phi) is 3.87. The van der Waals surface area contributed by atoms with Gasteiger partial charge < -0.3 is 0 Å². The molecule has 116 valence electrons. The second kappa shape index (κ2) is 5.44. The van der Waals surface area contributed by atoms with E-state index in [1.165, 1.54) is 16.4 Å². The molecule has 0 aliphatic carbocycles. The predicted octanol–water partition coefficient (Wildman–Crippen LogP) is 4.44. The molecule has 0 spiro atoms. The summed E-state index contributed by atoms with van der Waals surface area (Å²) in [6, 6.07) is 10.4. The fourth-order valence-corrected chi connectivity index (χ4v) is 5.34. The van der Waals surface area contributed by atoms with Crippen LogP contribution in [-0.2, 0) is 16.4 Å². The van der Waals surface area contributed by atoms with Gasteiger partial charge in [-0.1, -0.05) is 41.4 Å². The van der Waals surface area contributed by atoms with Gasteiger partial charge in [0.05, 0.1) is 10.7 Å². The molecule has 0 bridgehead atoms. The first kappa shape index (κ1) is 15.7. The van der Waals surface area contributed by atoms with Crippen LogP contribution in [0.4, 0.5) is 5.69 Å². The minimum Gasteiger partial charge on any atom is -0.263 e. The molecule has 2 aromatic rings. The summed E-state index contributed by atoms with van der Waals surface area (Å²) in [5.74, 6) is 0. The van der Waals surface area contributed by atoms with Gasteiger partial charge in [0.2, 0.25) is 0 Å². The second-order valence-corrected chi connectivity index (χ2v) is 8.11. The van der Waals surface area contributed by atoms with E-state index < -0.39 is 10.0 Å². The second-order valence-electron chi connectivity index (χ2n) is 5.51. The number of halogens is 2. The van der Waals surface area contributed by atoms with E-state index in [-0.39, 0.29) is 16.0 Å². The average molecular weight is 356 g/mol. The number of benzene rings is 2. The summed E-state index contributed by atoms with van der Waals surface area (Å²) >= 11 is 12.2.